The summed E-state index contributed by atoms with van der Waals surface area (Å²) in [5.41, 5.74) is 4.18. The highest BCUT2D eigenvalue weighted by molar-refractivity contribution is 6.01. The molecule has 152 valence electrons. The van der Waals surface area contributed by atoms with Gasteiger partial charge < -0.3 is 13.9 Å². The van der Waals surface area contributed by atoms with E-state index in [9.17, 15) is 4.79 Å². The molecule has 1 atom stereocenters. The van der Waals surface area contributed by atoms with Crippen LogP contribution in [0.1, 0.15) is 34.4 Å². The Morgan fingerprint density at radius 2 is 1.76 bits per heavy atom. The first-order valence-corrected chi connectivity index (χ1v) is 10.3. The average Bonchev–Trinajstić information content (AvgIpc) is 3.37. The lowest BCUT2D eigenvalue weighted by Crippen LogP contribution is -2.51. The van der Waals surface area contributed by atoms with Crippen LogP contribution in [0, 0.1) is 13.8 Å². The number of anilines is 1. The maximum absolute atomic E-state index is 13.3. The Labute approximate surface area is 172 Å². The highest BCUT2D eigenvalue weighted by Gasteiger charge is 2.28. The second kappa shape index (κ2) is 8.29. The molecule has 1 fully saturated rings. The van der Waals surface area contributed by atoms with Gasteiger partial charge in [-0.15, -0.1) is 0 Å². The number of hydrogen-bond acceptors (Lipinski definition) is 4. The molecule has 3 heterocycles. The van der Waals surface area contributed by atoms with E-state index in [-0.39, 0.29) is 11.8 Å². The van der Waals surface area contributed by atoms with Gasteiger partial charge in [0.1, 0.15) is 5.76 Å². The first-order valence-electron chi connectivity index (χ1n) is 10.3. The molecule has 0 bridgehead atoms. The summed E-state index contributed by atoms with van der Waals surface area (Å²) in [7, 11) is 0. The van der Waals surface area contributed by atoms with Crippen molar-refractivity contribution in [1.82, 2.24) is 9.47 Å². The van der Waals surface area contributed by atoms with Crippen molar-refractivity contribution in [3.05, 3.63) is 77.5 Å². The number of benzene rings is 1. The molecular formula is C24H29N3O2. The number of carbonyl (C=O) groups is 1. The molecule has 5 heteroatoms. The number of aryl methyl sites for hydroxylation is 1. The second-order valence-corrected chi connectivity index (χ2v) is 7.85. The third-order valence-electron chi connectivity index (χ3n) is 6.10. The number of piperazine rings is 1. The van der Waals surface area contributed by atoms with Crippen molar-refractivity contribution < 1.29 is 9.21 Å². The van der Waals surface area contributed by atoms with Crippen molar-refractivity contribution in [1.29, 1.82) is 0 Å². The summed E-state index contributed by atoms with van der Waals surface area (Å²) in [4.78, 5) is 18.0. The molecule has 0 N–H and O–H groups in total. The van der Waals surface area contributed by atoms with E-state index in [0.717, 1.165) is 48.9 Å². The molecular weight excluding hydrogens is 362 g/mol. The van der Waals surface area contributed by atoms with Crippen molar-refractivity contribution >= 4 is 11.5 Å². The van der Waals surface area contributed by atoms with Crippen LogP contribution in [0.5, 0.6) is 0 Å². The predicted octanol–water partition coefficient (Wildman–Crippen LogP) is 4.14. The standard InChI is InChI=1S/C24H29N3O2/c1-18-16-23(19(2)27(18)17-22-10-7-15-29-22)24(28)20(3)25-11-13-26(14-12-25)21-8-5-4-6-9-21/h4-10,15-16,20H,11-14,17H2,1-3H3/t20-/m1/s1. The summed E-state index contributed by atoms with van der Waals surface area (Å²) in [5.74, 6) is 1.10. The molecule has 3 aromatic rings. The summed E-state index contributed by atoms with van der Waals surface area (Å²) >= 11 is 0. The van der Waals surface area contributed by atoms with Crippen LogP contribution in [-0.4, -0.2) is 47.5 Å². The fourth-order valence-corrected chi connectivity index (χ4v) is 4.25. The molecule has 5 nitrogen and oxygen atoms in total. The zero-order chi connectivity index (χ0) is 20.4. The van der Waals surface area contributed by atoms with E-state index in [4.69, 9.17) is 4.42 Å². The Balaban J connectivity index is 1.43. The number of para-hydroxylation sites is 1. The fourth-order valence-electron chi connectivity index (χ4n) is 4.25. The Hall–Kier alpha value is -2.79. The zero-order valence-electron chi connectivity index (χ0n) is 17.5. The van der Waals surface area contributed by atoms with E-state index < -0.39 is 0 Å². The van der Waals surface area contributed by atoms with Crippen molar-refractivity contribution in [2.75, 3.05) is 31.1 Å². The predicted molar refractivity (Wildman–Crippen MR) is 116 cm³/mol. The molecule has 1 aromatic carbocycles. The molecule has 0 unspecified atom stereocenters. The second-order valence-electron chi connectivity index (χ2n) is 7.85. The van der Waals surface area contributed by atoms with Gasteiger partial charge in [0.15, 0.2) is 5.78 Å². The minimum atomic E-state index is -0.120. The van der Waals surface area contributed by atoms with Gasteiger partial charge >= 0.3 is 0 Å². The molecule has 0 saturated carbocycles. The van der Waals surface area contributed by atoms with Crippen molar-refractivity contribution in [3.8, 4) is 0 Å². The van der Waals surface area contributed by atoms with Gasteiger partial charge in [-0.2, -0.15) is 0 Å². The molecule has 4 rings (SSSR count). The highest BCUT2D eigenvalue weighted by Crippen LogP contribution is 2.22. The SMILES string of the molecule is Cc1cc(C(=O)[C@@H](C)N2CCN(c3ccccc3)CC2)c(C)n1Cc1ccco1. The topological polar surface area (TPSA) is 41.6 Å². The van der Waals surface area contributed by atoms with Crippen LogP contribution < -0.4 is 4.90 Å². The average molecular weight is 392 g/mol. The molecule has 0 spiro atoms. The molecule has 0 amide bonds. The van der Waals surface area contributed by atoms with Gasteiger partial charge in [-0.05, 0) is 51.1 Å². The first-order chi connectivity index (χ1) is 14.0. The molecule has 29 heavy (non-hydrogen) atoms. The van der Waals surface area contributed by atoms with E-state index >= 15 is 0 Å². The summed E-state index contributed by atoms with van der Waals surface area (Å²) < 4.78 is 7.65. The van der Waals surface area contributed by atoms with Crippen LogP contribution in [0.2, 0.25) is 0 Å². The number of carbonyl (C=O) groups excluding carboxylic acids is 1. The molecule has 0 aliphatic carbocycles. The maximum atomic E-state index is 13.3. The Kier molecular flexibility index (Phi) is 5.58. The molecule has 1 saturated heterocycles. The third kappa shape index (κ3) is 4.01. The summed E-state index contributed by atoms with van der Waals surface area (Å²) in [6.07, 6.45) is 1.69. The third-order valence-corrected chi connectivity index (χ3v) is 6.10. The van der Waals surface area contributed by atoms with E-state index in [1.165, 1.54) is 5.69 Å². The van der Waals surface area contributed by atoms with Gasteiger partial charge in [0.25, 0.3) is 0 Å². The van der Waals surface area contributed by atoms with Crippen LogP contribution >= 0.6 is 0 Å². The van der Waals surface area contributed by atoms with Crippen LogP contribution in [0.25, 0.3) is 0 Å². The number of rotatable bonds is 6. The fraction of sp³-hybridized carbons (Fsp3) is 0.375. The van der Waals surface area contributed by atoms with E-state index in [1.54, 1.807) is 6.26 Å². The number of nitrogens with zero attached hydrogens (tertiary/aromatic N) is 3. The number of ketones is 1. The first kappa shape index (κ1) is 19.5. The van der Waals surface area contributed by atoms with E-state index in [2.05, 4.69) is 45.6 Å². The van der Waals surface area contributed by atoms with Crippen LogP contribution in [-0.2, 0) is 6.54 Å². The van der Waals surface area contributed by atoms with Crippen LogP contribution in [0.15, 0.2) is 59.2 Å². The zero-order valence-corrected chi connectivity index (χ0v) is 17.5. The van der Waals surface area contributed by atoms with E-state index in [1.807, 2.05) is 38.1 Å². The van der Waals surface area contributed by atoms with Crippen molar-refractivity contribution in [2.45, 2.75) is 33.4 Å². The number of aromatic nitrogens is 1. The normalized spacial score (nSPS) is 16.2. The molecule has 1 aliphatic rings. The lowest BCUT2D eigenvalue weighted by atomic mass is 10.0. The highest BCUT2D eigenvalue weighted by atomic mass is 16.3. The van der Waals surface area contributed by atoms with Gasteiger partial charge in [-0.1, -0.05) is 18.2 Å². The van der Waals surface area contributed by atoms with E-state index in [0.29, 0.717) is 6.54 Å². The van der Waals surface area contributed by atoms with Gasteiger partial charge in [0.05, 0.1) is 18.8 Å². The van der Waals surface area contributed by atoms with Crippen molar-refractivity contribution in [2.24, 2.45) is 0 Å². The smallest absolute Gasteiger partial charge is 0.181 e. The molecule has 1 aliphatic heterocycles. The van der Waals surface area contributed by atoms with Gasteiger partial charge in [-0.3, -0.25) is 9.69 Å². The monoisotopic (exact) mass is 391 g/mol. The Morgan fingerprint density at radius 1 is 1.03 bits per heavy atom. The van der Waals surface area contributed by atoms with Crippen molar-refractivity contribution in [3.63, 3.8) is 0 Å². The quantitative estimate of drug-likeness (QED) is 0.592. The van der Waals surface area contributed by atoms with Gasteiger partial charge in [-0.25, -0.2) is 0 Å². The number of furan rings is 1. The Morgan fingerprint density at radius 3 is 2.41 bits per heavy atom. The van der Waals surface area contributed by atoms with Crippen LogP contribution in [0.4, 0.5) is 5.69 Å². The minimum Gasteiger partial charge on any atom is -0.467 e. The minimum absolute atomic E-state index is 0.120. The van der Waals surface area contributed by atoms with Gasteiger partial charge in [0.2, 0.25) is 0 Å². The molecule has 2 aromatic heterocycles. The largest absolute Gasteiger partial charge is 0.467 e. The lowest BCUT2D eigenvalue weighted by molar-refractivity contribution is 0.0829. The Bertz CT molecular complexity index is 952. The maximum Gasteiger partial charge on any atom is 0.181 e. The summed E-state index contributed by atoms with van der Waals surface area (Å²) in [6, 6.07) is 16.3. The number of Topliss-reactive ketones (excluding diaryl/α,β-unsaturated/α-hetero) is 1. The summed E-state index contributed by atoms with van der Waals surface area (Å²) in [6.45, 7) is 10.5. The number of hydrogen-bond donors (Lipinski definition) is 0. The lowest BCUT2D eigenvalue weighted by Gasteiger charge is -2.38. The van der Waals surface area contributed by atoms with Crippen LogP contribution in [0.3, 0.4) is 0 Å². The van der Waals surface area contributed by atoms with Gasteiger partial charge in [0, 0.05) is 48.8 Å². The summed E-state index contributed by atoms with van der Waals surface area (Å²) in [5, 5.41) is 0. The molecule has 0 radical (unpaired) electrons.